The molecule has 0 aliphatic rings. The van der Waals surface area contributed by atoms with Crippen molar-refractivity contribution in [1.82, 2.24) is 15.5 Å². The van der Waals surface area contributed by atoms with Gasteiger partial charge in [0.1, 0.15) is 0 Å². The number of aromatic amines is 1. The number of nitrogens with one attached hydrogen (secondary N) is 2. The van der Waals surface area contributed by atoms with Gasteiger partial charge in [0, 0.05) is 6.54 Å². The predicted molar refractivity (Wildman–Crippen MR) is 82.7 cm³/mol. The van der Waals surface area contributed by atoms with Gasteiger partial charge in [0.05, 0.1) is 21.8 Å². The Kier molecular flexibility index (Phi) is 4.76. The van der Waals surface area contributed by atoms with Crippen molar-refractivity contribution >= 4 is 21.8 Å². The van der Waals surface area contributed by atoms with Crippen LogP contribution in [0.5, 0.6) is 0 Å². The molecule has 0 spiro atoms. The third kappa shape index (κ3) is 3.50. The molecule has 0 bridgehead atoms. The van der Waals surface area contributed by atoms with E-state index in [4.69, 9.17) is 5.26 Å². The van der Waals surface area contributed by atoms with Crippen molar-refractivity contribution in [3.8, 4) is 6.07 Å². The van der Waals surface area contributed by atoms with Crippen LogP contribution in [0.15, 0.2) is 28.7 Å². The highest BCUT2D eigenvalue weighted by molar-refractivity contribution is 9.10. The van der Waals surface area contributed by atoms with Crippen molar-refractivity contribution in [2.75, 3.05) is 0 Å². The number of halogens is 1. The van der Waals surface area contributed by atoms with Gasteiger partial charge in [-0.15, -0.1) is 0 Å². The number of nitrogens with zero attached hydrogens (tertiary/aromatic N) is 2. The maximum Gasteiger partial charge on any atom is 0.273 e. The first-order valence-electron chi connectivity index (χ1n) is 6.54. The summed E-state index contributed by atoms with van der Waals surface area (Å²) >= 11 is 3.40. The third-order valence-electron chi connectivity index (χ3n) is 3.03. The fourth-order valence-corrected chi connectivity index (χ4v) is 2.71. The zero-order valence-corrected chi connectivity index (χ0v) is 13.4. The van der Waals surface area contributed by atoms with Crippen LogP contribution in [0.4, 0.5) is 0 Å². The summed E-state index contributed by atoms with van der Waals surface area (Å²) in [6.45, 7) is 4.39. The molecule has 1 aromatic carbocycles. The lowest BCUT2D eigenvalue weighted by Gasteiger charge is -2.05. The van der Waals surface area contributed by atoms with E-state index < -0.39 is 0 Å². The first-order chi connectivity index (χ1) is 10.0. The molecule has 0 aliphatic heterocycles. The second-order valence-electron chi connectivity index (χ2n) is 4.95. The van der Waals surface area contributed by atoms with Crippen LogP contribution in [-0.4, -0.2) is 16.1 Å². The molecule has 0 radical (unpaired) electrons. The lowest BCUT2D eigenvalue weighted by molar-refractivity contribution is 0.0945. The lowest BCUT2D eigenvalue weighted by Crippen LogP contribution is -2.23. The summed E-state index contributed by atoms with van der Waals surface area (Å²) in [5.41, 5.74) is 2.68. The largest absolute Gasteiger partial charge is 0.347 e. The normalized spacial score (nSPS) is 10.4. The molecule has 1 amide bonds. The Morgan fingerprint density at radius 2 is 2.29 bits per heavy atom. The zero-order chi connectivity index (χ0) is 15.4. The molecule has 1 aromatic heterocycles. The highest BCUT2D eigenvalue weighted by Crippen LogP contribution is 2.25. The van der Waals surface area contributed by atoms with Crippen molar-refractivity contribution < 1.29 is 4.79 Å². The summed E-state index contributed by atoms with van der Waals surface area (Å²) in [4.78, 5) is 12.1. The molecule has 6 heteroatoms. The molecule has 1 heterocycles. The van der Waals surface area contributed by atoms with Gasteiger partial charge in [0.25, 0.3) is 5.91 Å². The van der Waals surface area contributed by atoms with Crippen LogP contribution in [0.25, 0.3) is 0 Å². The van der Waals surface area contributed by atoms with E-state index in [1.54, 1.807) is 18.2 Å². The quantitative estimate of drug-likeness (QED) is 0.892. The van der Waals surface area contributed by atoms with Crippen LogP contribution in [-0.2, 0) is 6.54 Å². The van der Waals surface area contributed by atoms with E-state index >= 15 is 0 Å². The fourth-order valence-electron chi connectivity index (χ4n) is 1.89. The Hall–Kier alpha value is -2.13. The van der Waals surface area contributed by atoms with Gasteiger partial charge in [-0.1, -0.05) is 26.0 Å². The second-order valence-corrected chi connectivity index (χ2v) is 5.74. The molecular formula is C15H15BrN4O. The van der Waals surface area contributed by atoms with Gasteiger partial charge in [-0.05, 0) is 39.5 Å². The number of aromatic nitrogens is 2. The Morgan fingerprint density at radius 1 is 1.52 bits per heavy atom. The Bertz CT molecular complexity index is 700. The van der Waals surface area contributed by atoms with Gasteiger partial charge in [-0.25, -0.2) is 0 Å². The summed E-state index contributed by atoms with van der Waals surface area (Å²) in [5.74, 6) is -0.00637. The Balaban J connectivity index is 2.07. The van der Waals surface area contributed by atoms with E-state index in [2.05, 4.69) is 37.5 Å². The SMILES string of the molecule is CC(C)c1[nH]nc(C(=O)NCc2cccc(C#N)c2)c1Br. The average Bonchev–Trinajstić information content (AvgIpc) is 2.87. The standard InChI is InChI=1S/C15H15BrN4O/c1-9(2)13-12(16)14(20-19-13)15(21)18-8-11-5-3-4-10(6-11)7-17/h3-6,9H,8H2,1-2H3,(H,18,21)(H,19,20). The van der Waals surface area contributed by atoms with Crippen molar-refractivity contribution in [2.45, 2.75) is 26.3 Å². The van der Waals surface area contributed by atoms with Crippen LogP contribution < -0.4 is 5.32 Å². The minimum absolute atomic E-state index is 0.251. The van der Waals surface area contributed by atoms with Crippen LogP contribution >= 0.6 is 15.9 Å². The average molecular weight is 347 g/mol. The van der Waals surface area contributed by atoms with Crippen molar-refractivity contribution in [2.24, 2.45) is 0 Å². The molecule has 0 saturated carbocycles. The number of H-pyrrole nitrogens is 1. The van der Waals surface area contributed by atoms with Gasteiger partial charge in [0.15, 0.2) is 5.69 Å². The second kappa shape index (κ2) is 6.55. The maximum atomic E-state index is 12.1. The molecule has 0 saturated heterocycles. The topological polar surface area (TPSA) is 81.6 Å². The monoisotopic (exact) mass is 346 g/mol. The van der Waals surface area contributed by atoms with Crippen molar-refractivity contribution in [3.63, 3.8) is 0 Å². The number of hydrogen-bond donors (Lipinski definition) is 2. The number of rotatable bonds is 4. The van der Waals surface area contributed by atoms with Gasteiger partial charge >= 0.3 is 0 Å². The molecular weight excluding hydrogens is 332 g/mol. The fraction of sp³-hybridized carbons (Fsp3) is 0.267. The molecule has 108 valence electrons. The summed E-state index contributed by atoms with van der Waals surface area (Å²) in [5, 5.41) is 18.6. The first-order valence-corrected chi connectivity index (χ1v) is 7.33. The maximum absolute atomic E-state index is 12.1. The molecule has 0 fully saturated rings. The van der Waals surface area contributed by atoms with Gasteiger partial charge in [0.2, 0.25) is 0 Å². The van der Waals surface area contributed by atoms with E-state index in [1.807, 2.05) is 19.9 Å². The highest BCUT2D eigenvalue weighted by Gasteiger charge is 2.18. The summed E-state index contributed by atoms with van der Waals surface area (Å²) < 4.78 is 0.695. The molecule has 0 atom stereocenters. The van der Waals surface area contributed by atoms with Crippen LogP contribution in [0.3, 0.4) is 0 Å². The third-order valence-corrected chi connectivity index (χ3v) is 3.84. The smallest absolute Gasteiger partial charge is 0.273 e. The lowest BCUT2D eigenvalue weighted by atomic mass is 10.1. The predicted octanol–water partition coefficient (Wildman–Crippen LogP) is 3.10. The summed E-state index contributed by atoms with van der Waals surface area (Å²) in [6.07, 6.45) is 0. The molecule has 2 rings (SSSR count). The van der Waals surface area contributed by atoms with E-state index in [-0.39, 0.29) is 11.8 Å². The molecule has 21 heavy (non-hydrogen) atoms. The number of benzene rings is 1. The minimum atomic E-state index is -0.257. The number of hydrogen-bond acceptors (Lipinski definition) is 3. The van der Waals surface area contributed by atoms with Crippen LogP contribution in [0.2, 0.25) is 0 Å². The zero-order valence-electron chi connectivity index (χ0n) is 11.8. The summed E-state index contributed by atoms with van der Waals surface area (Å²) in [7, 11) is 0. The Morgan fingerprint density at radius 3 is 2.90 bits per heavy atom. The van der Waals surface area contributed by atoms with Gasteiger partial charge in [-0.3, -0.25) is 9.89 Å². The van der Waals surface area contributed by atoms with Crippen LogP contribution in [0.1, 0.15) is 47.1 Å². The molecule has 5 nitrogen and oxygen atoms in total. The molecule has 2 aromatic rings. The minimum Gasteiger partial charge on any atom is -0.347 e. The number of amides is 1. The highest BCUT2D eigenvalue weighted by atomic mass is 79.9. The first kappa shape index (κ1) is 15.3. The van der Waals surface area contributed by atoms with E-state index in [1.165, 1.54) is 0 Å². The Labute approximate surface area is 131 Å². The van der Waals surface area contributed by atoms with E-state index in [0.717, 1.165) is 11.3 Å². The number of carbonyl (C=O) groups is 1. The van der Waals surface area contributed by atoms with Gasteiger partial charge in [-0.2, -0.15) is 10.4 Å². The van der Waals surface area contributed by atoms with Crippen LogP contribution in [0, 0.1) is 11.3 Å². The van der Waals surface area contributed by atoms with E-state index in [9.17, 15) is 4.79 Å². The van der Waals surface area contributed by atoms with Gasteiger partial charge < -0.3 is 5.32 Å². The number of carbonyl (C=O) groups excluding carboxylic acids is 1. The molecule has 2 N–H and O–H groups in total. The summed E-state index contributed by atoms with van der Waals surface area (Å²) in [6, 6.07) is 9.20. The van der Waals surface area contributed by atoms with Crippen molar-refractivity contribution in [1.29, 1.82) is 5.26 Å². The van der Waals surface area contributed by atoms with Crippen molar-refractivity contribution in [3.05, 3.63) is 51.3 Å². The van der Waals surface area contributed by atoms with E-state index in [0.29, 0.717) is 22.3 Å². The number of nitriles is 1. The molecule has 0 unspecified atom stereocenters. The molecule has 0 aliphatic carbocycles.